The lowest BCUT2D eigenvalue weighted by Crippen LogP contribution is -2.47. The van der Waals surface area contributed by atoms with E-state index in [4.69, 9.17) is 18.9 Å². The van der Waals surface area contributed by atoms with E-state index in [0.717, 1.165) is 39.4 Å². The van der Waals surface area contributed by atoms with Gasteiger partial charge in [-0.2, -0.15) is 0 Å². The summed E-state index contributed by atoms with van der Waals surface area (Å²) in [6.45, 7) is 7.96. The molecule has 0 aromatic carbocycles. The number of rotatable bonds is 11. The van der Waals surface area contributed by atoms with Crippen LogP contribution in [-0.2, 0) is 18.9 Å². The molecular formula is C13H28N2O4. The third kappa shape index (κ3) is 8.52. The van der Waals surface area contributed by atoms with Gasteiger partial charge in [0.2, 0.25) is 0 Å². The van der Waals surface area contributed by atoms with E-state index in [-0.39, 0.29) is 0 Å². The Balaban J connectivity index is 1.91. The van der Waals surface area contributed by atoms with Crippen LogP contribution in [0.15, 0.2) is 0 Å². The van der Waals surface area contributed by atoms with Gasteiger partial charge in [-0.25, -0.2) is 0 Å². The largest absolute Gasteiger partial charge is 0.382 e. The lowest BCUT2D eigenvalue weighted by Gasteiger charge is -2.32. The standard InChI is InChI=1S/C13H28N2O4/c1-14-11-13-12-15(4-6-19-13)3-5-17-9-10-18-8-7-16-2/h13-14H,3-12H2,1-2H3. The van der Waals surface area contributed by atoms with Crippen LogP contribution in [-0.4, -0.2) is 91.0 Å². The molecule has 0 aromatic rings. The van der Waals surface area contributed by atoms with Crippen LogP contribution in [0.4, 0.5) is 0 Å². The van der Waals surface area contributed by atoms with Gasteiger partial charge in [0, 0.05) is 33.3 Å². The first kappa shape index (κ1) is 16.8. The van der Waals surface area contributed by atoms with Gasteiger partial charge >= 0.3 is 0 Å². The van der Waals surface area contributed by atoms with Gasteiger partial charge in [0.1, 0.15) is 0 Å². The van der Waals surface area contributed by atoms with Crippen molar-refractivity contribution in [2.24, 2.45) is 0 Å². The molecule has 0 aromatic heterocycles. The van der Waals surface area contributed by atoms with E-state index in [1.54, 1.807) is 7.11 Å². The highest BCUT2D eigenvalue weighted by Crippen LogP contribution is 2.03. The van der Waals surface area contributed by atoms with Crippen molar-refractivity contribution in [3.05, 3.63) is 0 Å². The summed E-state index contributed by atoms with van der Waals surface area (Å²) in [7, 11) is 3.62. The lowest BCUT2D eigenvalue weighted by atomic mass is 10.2. The normalized spacial score (nSPS) is 20.8. The molecule has 1 heterocycles. The molecule has 1 rings (SSSR count). The molecule has 0 radical (unpaired) electrons. The van der Waals surface area contributed by atoms with E-state index in [0.29, 0.717) is 32.5 Å². The Morgan fingerprint density at radius 2 is 1.89 bits per heavy atom. The highest BCUT2D eigenvalue weighted by atomic mass is 16.5. The number of hydrogen-bond donors (Lipinski definition) is 1. The second-order valence-corrected chi connectivity index (χ2v) is 4.57. The number of likely N-dealkylation sites (N-methyl/N-ethyl adjacent to an activating group) is 1. The van der Waals surface area contributed by atoms with Crippen LogP contribution in [0.2, 0.25) is 0 Å². The predicted molar refractivity (Wildman–Crippen MR) is 73.6 cm³/mol. The monoisotopic (exact) mass is 276 g/mol. The Morgan fingerprint density at radius 1 is 1.16 bits per heavy atom. The van der Waals surface area contributed by atoms with E-state index in [1.807, 2.05) is 7.05 Å². The molecule has 1 N–H and O–H groups in total. The van der Waals surface area contributed by atoms with Gasteiger partial charge in [0.05, 0.1) is 45.7 Å². The molecule has 6 heteroatoms. The van der Waals surface area contributed by atoms with Crippen molar-refractivity contribution in [3.63, 3.8) is 0 Å². The summed E-state index contributed by atoms with van der Waals surface area (Å²) in [6, 6.07) is 0. The fourth-order valence-corrected chi connectivity index (χ4v) is 1.99. The first-order valence-electron chi connectivity index (χ1n) is 6.99. The Bertz CT molecular complexity index is 205. The summed E-state index contributed by atoms with van der Waals surface area (Å²) >= 11 is 0. The molecule has 1 unspecified atom stereocenters. The molecule has 1 saturated heterocycles. The summed E-state index contributed by atoms with van der Waals surface area (Å²) in [6.07, 6.45) is 0.302. The van der Waals surface area contributed by atoms with Crippen molar-refractivity contribution in [3.8, 4) is 0 Å². The van der Waals surface area contributed by atoms with Gasteiger partial charge in [-0.15, -0.1) is 0 Å². The molecular weight excluding hydrogens is 248 g/mol. The van der Waals surface area contributed by atoms with Crippen LogP contribution in [0.3, 0.4) is 0 Å². The number of nitrogens with zero attached hydrogens (tertiary/aromatic N) is 1. The van der Waals surface area contributed by atoms with Crippen molar-refractivity contribution < 1.29 is 18.9 Å². The van der Waals surface area contributed by atoms with E-state index >= 15 is 0 Å². The summed E-state index contributed by atoms with van der Waals surface area (Å²) in [4.78, 5) is 2.39. The summed E-state index contributed by atoms with van der Waals surface area (Å²) < 4.78 is 21.4. The van der Waals surface area contributed by atoms with Crippen LogP contribution in [0.1, 0.15) is 0 Å². The Hall–Kier alpha value is -0.240. The molecule has 6 nitrogen and oxygen atoms in total. The minimum Gasteiger partial charge on any atom is -0.382 e. The van der Waals surface area contributed by atoms with Gasteiger partial charge in [0.15, 0.2) is 0 Å². The number of nitrogens with one attached hydrogen (secondary N) is 1. The number of morpholine rings is 1. The van der Waals surface area contributed by atoms with Crippen LogP contribution in [0, 0.1) is 0 Å². The zero-order chi connectivity index (χ0) is 13.8. The highest BCUT2D eigenvalue weighted by Gasteiger charge is 2.19. The molecule has 114 valence electrons. The second kappa shape index (κ2) is 11.6. The minimum atomic E-state index is 0.302. The maximum absolute atomic E-state index is 5.65. The maximum atomic E-state index is 5.65. The fraction of sp³-hybridized carbons (Fsp3) is 1.00. The van der Waals surface area contributed by atoms with Gasteiger partial charge < -0.3 is 24.3 Å². The van der Waals surface area contributed by atoms with Crippen molar-refractivity contribution >= 4 is 0 Å². The molecule has 19 heavy (non-hydrogen) atoms. The molecule has 1 aliphatic rings. The molecule has 1 atom stereocenters. The zero-order valence-electron chi connectivity index (χ0n) is 12.2. The average Bonchev–Trinajstić information content (AvgIpc) is 2.43. The van der Waals surface area contributed by atoms with Crippen LogP contribution < -0.4 is 5.32 Å². The third-order valence-electron chi connectivity index (χ3n) is 3.01. The van der Waals surface area contributed by atoms with Crippen molar-refractivity contribution in [1.29, 1.82) is 0 Å². The van der Waals surface area contributed by atoms with Crippen LogP contribution in [0.25, 0.3) is 0 Å². The molecule has 1 fully saturated rings. The van der Waals surface area contributed by atoms with Crippen molar-refractivity contribution in [2.45, 2.75) is 6.10 Å². The molecule has 0 amide bonds. The highest BCUT2D eigenvalue weighted by molar-refractivity contribution is 4.72. The first-order valence-corrected chi connectivity index (χ1v) is 6.99. The van der Waals surface area contributed by atoms with Gasteiger partial charge in [-0.05, 0) is 7.05 Å². The molecule has 0 spiro atoms. The van der Waals surface area contributed by atoms with Crippen molar-refractivity contribution in [1.82, 2.24) is 10.2 Å². The zero-order valence-corrected chi connectivity index (χ0v) is 12.2. The number of methoxy groups -OCH3 is 1. The maximum Gasteiger partial charge on any atom is 0.0826 e. The van der Waals surface area contributed by atoms with Gasteiger partial charge in [-0.1, -0.05) is 0 Å². The second-order valence-electron chi connectivity index (χ2n) is 4.57. The first-order chi connectivity index (χ1) is 9.36. The molecule has 0 saturated carbocycles. The number of hydrogen-bond acceptors (Lipinski definition) is 6. The quantitative estimate of drug-likeness (QED) is 0.518. The molecule has 0 aliphatic carbocycles. The third-order valence-corrected chi connectivity index (χ3v) is 3.01. The van der Waals surface area contributed by atoms with Crippen LogP contribution >= 0.6 is 0 Å². The van der Waals surface area contributed by atoms with Gasteiger partial charge in [-0.3, -0.25) is 4.90 Å². The van der Waals surface area contributed by atoms with Crippen molar-refractivity contribution in [2.75, 3.05) is 80.0 Å². The van der Waals surface area contributed by atoms with Crippen LogP contribution in [0.5, 0.6) is 0 Å². The number of ether oxygens (including phenoxy) is 4. The van der Waals surface area contributed by atoms with Gasteiger partial charge in [0.25, 0.3) is 0 Å². The fourth-order valence-electron chi connectivity index (χ4n) is 1.99. The topological polar surface area (TPSA) is 52.2 Å². The lowest BCUT2D eigenvalue weighted by molar-refractivity contribution is -0.0376. The Labute approximate surface area is 116 Å². The Morgan fingerprint density at radius 3 is 2.63 bits per heavy atom. The summed E-state index contributed by atoms with van der Waals surface area (Å²) in [5.74, 6) is 0. The SMILES string of the molecule is CNCC1CN(CCOCCOCCOC)CCO1. The van der Waals surface area contributed by atoms with E-state index in [2.05, 4.69) is 10.2 Å². The van der Waals surface area contributed by atoms with E-state index < -0.39 is 0 Å². The summed E-state index contributed by atoms with van der Waals surface area (Å²) in [5, 5.41) is 3.15. The van der Waals surface area contributed by atoms with E-state index in [1.165, 1.54) is 0 Å². The average molecular weight is 276 g/mol. The minimum absolute atomic E-state index is 0.302. The molecule has 1 aliphatic heterocycles. The molecule has 0 bridgehead atoms. The smallest absolute Gasteiger partial charge is 0.0826 e. The Kier molecular flexibility index (Phi) is 10.2. The predicted octanol–water partition coefficient (Wildman–Crippen LogP) is -0.414. The summed E-state index contributed by atoms with van der Waals surface area (Å²) in [5.41, 5.74) is 0. The van der Waals surface area contributed by atoms with E-state index in [9.17, 15) is 0 Å².